The summed E-state index contributed by atoms with van der Waals surface area (Å²) in [5.74, 6) is 0. The van der Waals surface area contributed by atoms with Crippen LogP contribution in [0.3, 0.4) is 0 Å². The van der Waals surface area contributed by atoms with E-state index < -0.39 is 0 Å². The Morgan fingerprint density at radius 3 is 2.36 bits per heavy atom. The van der Waals surface area contributed by atoms with E-state index in [0.29, 0.717) is 6.04 Å². The van der Waals surface area contributed by atoms with Gasteiger partial charge in [0.2, 0.25) is 6.34 Å². The van der Waals surface area contributed by atoms with E-state index in [2.05, 4.69) is 71.4 Å². The zero-order valence-electron chi connectivity index (χ0n) is 13.0. The third-order valence-electron chi connectivity index (χ3n) is 4.38. The highest BCUT2D eigenvalue weighted by Gasteiger charge is 2.34. The van der Waals surface area contributed by atoms with E-state index >= 15 is 0 Å². The summed E-state index contributed by atoms with van der Waals surface area (Å²) in [4.78, 5) is 2.27. The molecule has 0 aliphatic carbocycles. The highest BCUT2D eigenvalue weighted by Crippen LogP contribution is 2.23. The molecular weight excluding hydrogens is 272 g/mol. The number of hydrogen-bond donors (Lipinski definition) is 1. The van der Waals surface area contributed by atoms with Crippen molar-refractivity contribution < 1.29 is 9.68 Å². The van der Waals surface area contributed by atoms with Crippen LogP contribution in [0.25, 0.3) is 0 Å². The van der Waals surface area contributed by atoms with Gasteiger partial charge in [-0.05, 0) is 5.56 Å². The van der Waals surface area contributed by atoms with Crippen LogP contribution in [0.5, 0.6) is 0 Å². The Kier molecular flexibility index (Phi) is 4.54. The Morgan fingerprint density at radius 2 is 1.73 bits per heavy atom. The van der Waals surface area contributed by atoms with Crippen LogP contribution in [0.1, 0.15) is 17.2 Å². The summed E-state index contributed by atoms with van der Waals surface area (Å²) in [5, 5.41) is 9.81. The van der Waals surface area contributed by atoms with Crippen LogP contribution in [0.4, 0.5) is 0 Å². The van der Waals surface area contributed by atoms with Gasteiger partial charge in [0.15, 0.2) is 6.04 Å². The van der Waals surface area contributed by atoms with Gasteiger partial charge < -0.3 is 5.11 Å². The van der Waals surface area contributed by atoms with Crippen molar-refractivity contribution in [2.75, 3.05) is 20.2 Å². The number of nitrogens with zero attached hydrogens (tertiary/aromatic N) is 2. The zero-order valence-corrected chi connectivity index (χ0v) is 13.0. The highest BCUT2D eigenvalue weighted by atomic mass is 16.3. The fraction of sp³-hybridized carbons (Fsp3) is 0.316. The molecule has 0 fully saturated rings. The lowest BCUT2D eigenvalue weighted by atomic mass is 10.0. The van der Waals surface area contributed by atoms with Crippen LogP contribution >= 0.6 is 0 Å². The van der Waals surface area contributed by atoms with Crippen molar-refractivity contribution in [1.82, 2.24) is 4.90 Å². The molecule has 0 saturated carbocycles. The molecule has 3 nitrogen and oxygen atoms in total. The van der Waals surface area contributed by atoms with E-state index in [9.17, 15) is 5.11 Å². The van der Waals surface area contributed by atoms with E-state index in [1.807, 2.05) is 12.1 Å². The third kappa shape index (κ3) is 3.20. The molecule has 0 unspecified atom stereocenters. The number of hydrogen-bond acceptors (Lipinski definition) is 2. The van der Waals surface area contributed by atoms with Gasteiger partial charge in [-0.1, -0.05) is 60.7 Å². The average molecular weight is 295 g/mol. The fourth-order valence-corrected chi connectivity index (χ4v) is 3.12. The van der Waals surface area contributed by atoms with Gasteiger partial charge in [-0.3, -0.25) is 9.48 Å². The highest BCUT2D eigenvalue weighted by molar-refractivity contribution is 5.52. The minimum absolute atomic E-state index is 0.124. The van der Waals surface area contributed by atoms with Crippen molar-refractivity contribution in [1.29, 1.82) is 0 Å². The first-order valence-electron chi connectivity index (χ1n) is 7.80. The van der Waals surface area contributed by atoms with Gasteiger partial charge >= 0.3 is 0 Å². The lowest BCUT2D eigenvalue weighted by Crippen LogP contribution is -2.37. The maximum absolute atomic E-state index is 9.81. The second-order valence-corrected chi connectivity index (χ2v) is 5.93. The van der Waals surface area contributed by atoms with Gasteiger partial charge in [0.1, 0.15) is 12.6 Å². The number of benzene rings is 2. The first-order valence-corrected chi connectivity index (χ1v) is 7.80. The normalized spacial score (nSPS) is 19.1. The van der Waals surface area contributed by atoms with Crippen LogP contribution in [0.15, 0.2) is 60.7 Å². The van der Waals surface area contributed by atoms with Crippen molar-refractivity contribution in [3.63, 3.8) is 0 Å². The van der Waals surface area contributed by atoms with Gasteiger partial charge in [0.25, 0.3) is 0 Å². The van der Waals surface area contributed by atoms with Gasteiger partial charge in [-0.25, -0.2) is 0 Å². The largest absolute Gasteiger partial charge is 0.392 e. The minimum Gasteiger partial charge on any atom is -0.392 e. The van der Waals surface area contributed by atoms with Gasteiger partial charge in [0, 0.05) is 12.0 Å². The van der Waals surface area contributed by atoms with E-state index in [-0.39, 0.29) is 12.6 Å². The van der Waals surface area contributed by atoms with Crippen molar-refractivity contribution in [3.8, 4) is 0 Å². The Labute approximate surface area is 132 Å². The summed E-state index contributed by atoms with van der Waals surface area (Å²) in [5.41, 5.74) is 2.58. The van der Waals surface area contributed by atoms with E-state index in [0.717, 1.165) is 13.0 Å². The van der Waals surface area contributed by atoms with Crippen molar-refractivity contribution in [2.45, 2.75) is 18.5 Å². The summed E-state index contributed by atoms with van der Waals surface area (Å²) in [7, 11) is 2.11. The van der Waals surface area contributed by atoms with Crippen LogP contribution in [0, 0.1) is 0 Å². The second kappa shape index (κ2) is 6.75. The predicted octanol–water partition coefficient (Wildman–Crippen LogP) is 2.32. The van der Waals surface area contributed by atoms with Crippen LogP contribution in [-0.4, -0.2) is 47.2 Å². The minimum atomic E-state index is 0.124. The molecule has 3 rings (SSSR count). The molecule has 1 aliphatic rings. The summed E-state index contributed by atoms with van der Waals surface area (Å²) in [6.45, 7) is 1.08. The molecule has 0 bridgehead atoms. The molecule has 0 amide bonds. The van der Waals surface area contributed by atoms with Gasteiger partial charge in [-0.2, -0.15) is 0 Å². The number of aliphatic hydroxyl groups excluding tert-OH is 1. The maximum atomic E-state index is 9.81. The number of rotatable bonds is 5. The lowest BCUT2D eigenvalue weighted by Gasteiger charge is -2.20. The molecule has 1 N–H and O–H groups in total. The van der Waals surface area contributed by atoms with Crippen molar-refractivity contribution in [2.24, 2.45) is 0 Å². The Balaban J connectivity index is 1.72. The molecule has 2 atom stereocenters. The molecule has 1 aliphatic heterocycles. The summed E-state index contributed by atoms with van der Waals surface area (Å²) in [6, 6.07) is 21.4. The predicted molar refractivity (Wildman–Crippen MR) is 89.2 cm³/mol. The van der Waals surface area contributed by atoms with Crippen LogP contribution in [0.2, 0.25) is 0 Å². The van der Waals surface area contributed by atoms with Crippen molar-refractivity contribution in [3.05, 3.63) is 71.8 Å². The fourth-order valence-electron chi connectivity index (χ4n) is 3.12. The van der Waals surface area contributed by atoms with Crippen LogP contribution in [-0.2, 0) is 6.42 Å². The molecule has 22 heavy (non-hydrogen) atoms. The third-order valence-corrected chi connectivity index (χ3v) is 4.38. The van der Waals surface area contributed by atoms with E-state index in [1.165, 1.54) is 11.1 Å². The molecule has 3 heteroatoms. The monoisotopic (exact) mass is 295 g/mol. The molecule has 0 spiro atoms. The van der Waals surface area contributed by atoms with E-state index in [4.69, 9.17) is 0 Å². The molecule has 2 aromatic carbocycles. The zero-order chi connectivity index (χ0) is 15.4. The smallest absolute Gasteiger partial charge is 0.235 e. The molecule has 2 aromatic rings. The topological polar surface area (TPSA) is 26.5 Å². The molecule has 0 aromatic heterocycles. The molecule has 114 valence electrons. The van der Waals surface area contributed by atoms with Gasteiger partial charge in [0.05, 0.1) is 13.7 Å². The Bertz CT molecular complexity index is 624. The Morgan fingerprint density at radius 1 is 1.09 bits per heavy atom. The molecule has 0 radical (unpaired) electrons. The first-order chi connectivity index (χ1) is 10.8. The summed E-state index contributed by atoms with van der Waals surface area (Å²) < 4.78 is 2.24. The quantitative estimate of drug-likeness (QED) is 0.857. The number of likely N-dealkylation sites (N-methyl/N-ethyl adjacent to an activating group) is 1. The second-order valence-electron chi connectivity index (χ2n) is 5.93. The van der Waals surface area contributed by atoms with E-state index in [1.54, 1.807) is 0 Å². The summed E-state index contributed by atoms with van der Waals surface area (Å²) >= 11 is 0. The standard InChI is InChI=1S/C19H23N2O/c1-20-15-21(13-19(20)17-10-6-3-7-11-17)18(14-22)12-16-8-4-2-5-9-16/h2-11,15,18-19,22H,12-14H2,1H3/q+1/t18-,19+/m0/s1. The molecule has 0 saturated heterocycles. The first kappa shape index (κ1) is 14.8. The maximum Gasteiger partial charge on any atom is 0.235 e. The average Bonchev–Trinajstić information content (AvgIpc) is 2.96. The van der Waals surface area contributed by atoms with Gasteiger partial charge in [-0.15, -0.1) is 0 Å². The Hall–Kier alpha value is -2.13. The SMILES string of the molecule is C[N+]1=CN([C@H](CO)Cc2ccccc2)C[C@@H]1c1ccccc1. The van der Waals surface area contributed by atoms with Crippen LogP contribution < -0.4 is 0 Å². The molecule has 1 heterocycles. The van der Waals surface area contributed by atoms with Crippen molar-refractivity contribution >= 4 is 6.34 Å². The lowest BCUT2D eigenvalue weighted by molar-refractivity contribution is -0.529. The summed E-state index contributed by atoms with van der Waals surface area (Å²) in [6.07, 6.45) is 3.00. The molecular formula is C19H23N2O+. The number of aliphatic hydroxyl groups is 1.